The molecule has 1 aromatic heterocycles. The summed E-state index contributed by atoms with van der Waals surface area (Å²) in [6, 6.07) is 12.8. The van der Waals surface area contributed by atoms with Gasteiger partial charge in [-0.3, -0.25) is 0 Å². The zero-order valence-electron chi connectivity index (χ0n) is 15.2. The Morgan fingerprint density at radius 1 is 1.14 bits per heavy atom. The van der Waals surface area contributed by atoms with Crippen molar-refractivity contribution in [2.24, 2.45) is 0 Å². The summed E-state index contributed by atoms with van der Waals surface area (Å²) in [4.78, 5) is 16.2. The standard InChI is InChI=1S/C20H17BrN2O5/c1-25-16-8-6-13(10-17(16)26-2)7-9-19(24)27-12-18-22-20(23-28-18)14-4-3-5-15(21)11-14/h3-11H,12H2,1-2H3/b9-7+. The summed E-state index contributed by atoms with van der Waals surface area (Å²) in [6.07, 6.45) is 2.93. The molecule has 0 spiro atoms. The number of halogens is 1. The quantitative estimate of drug-likeness (QED) is 0.397. The molecule has 0 fully saturated rings. The molecule has 0 unspecified atom stereocenters. The topological polar surface area (TPSA) is 83.7 Å². The number of aromatic nitrogens is 2. The molecule has 1 heterocycles. The average Bonchev–Trinajstić information content (AvgIpc) is 3.19. The highest BCUT2D eigenvalue weighted by molar-refractivity contribution is 9.10. The monoisotopic (exact) mass is 444 g/mol. The maximum absolute atomic E-state index is 11.9. The first-order chi connectivity index (χ1) is 13.6. The summed E-state index contributed by atoms with van der Waals surface area (Å²) in [5.74, 6) is 1.29. The Kier molecular flexibility index (Phi) is 6.44. The van der Waals surface area contributed by atoms with E-state index in [0.717, 1.165) is 15.6 Å². The van der Waals surface area contributed by atoms with E-state index in [9.17, 15) is 4.79 Å². The second-order valence-corrected chi connectivity index (χ2v) is 6.49. The third-order valence-electron chi connectivity index (χ3n) is 3.71. The van der Waals surface area contributed by atoms with Gasteiger partial charge < -0.3 is 18.7 Å². The Hall–Kier alpha value is -3.13. The van der Waals surface area contributed by atoms with Crippen LogP contribution in [0.15, 0.2) is 57.5 Å². The highest BCUT2D eigenvalue weighted by Crippen LogP contribution is 2.28. The number of rotatable bonds is 7. The number of ether oxygens (including phenoxy) is 3. The maximum Gasteiger partial charge on any atom is 0.331 e. The number of esters is 1. The molecule has 0 aliphatic rings. The number of hydrogen-bond donors (Lipinski definition) is 0. The van der Waals surface area contributed by atoms with Gasteiger partial charge in [-0.2, -0.15) is 4.98 Å². The van der Waals surface area contributed by atoms with Crippen LogP contribution in [0.5, 0.6) is 11.5 Å². The van der Waals surface area contributed by atoms with Crippen molar-refractivity contribution >= 4 is 28.0 Å². The zero-order valence-corrected chi connectivity index (χ0v) is 16.8. The van der Waals surface area contributed by atoms with Crippen LogP contribution in [-0.4, -0.2) is 30.3 Å². The molecule has 0 saturated heterocycles. The van der Waals surface area contributed by atoms with E-state index in [4.69, 9.17) is 18.7 Å². The van der Waals surface area contributed by atoms with Crippen molar-refractivity contribution in [3.05, 3.63) is 64.5 Å². The number of carbonyl (C=O) groups excluding carboxylic acids is 1. The highest BCUT2D eigenvalue weighted by Gasteiger charge is 2.10. The molecule has 0 saturated carbocycles. The molecular weight excluding hydrogens is 428 g/mol. The Morgan fingerprint density at radius 3 is 2.71 bits per heavy atom. The van der Waals surface area contributed by atoms with Gasteiger partial charge in [0, 0.05) is 16.1 Å². The SMILES string of the molecule is COc1ccc(/C=C/C(=O)OCc2nc(-c3cccc(Br)c3)no2)cc1OC. The summed E-state index contributed by atoms with van der Waals surface area (Å²) in [5.41, 5.74) is 1.56. The summed E-state index contributed by atoms with van der Waals surface area (Å²) in [5, 5.41) is 3.89. The van der Waals surface area contributed by atoms with E-state index >= 15 is 0 Å². The third kappa shape index (κ3) is 4.98. The second kappa shape index (κ2) is 9.18. The van der Waals surface area contributed by atoms with Crippen molar-refractivity contribution < 1.29 is 23.5 Å². The van der Waals surface area contributed by atoms with Gasteiger partial charge in [0.2, 0.25) is 5.82 Å². The molecule has 144 valence electrons. The number of methoxy groups -OCH3 is 2. The minimum absolute atomic E-state index is 0.115. The first-order valence-electron chi connectivity index (χ1n) is 8.24. The summed E-state index contributed by atoms with van der Waals surface area (Å²) in [6.45, 7) is -0.115. The molecule has 3 aromatic rings. The van der Waals surface area contributed by atoms with E-state index in [1.165, 1.54) is 6.08 Å². The number of hydrogen-bond acceptors (Lipinski definition) is 7. The van der Waals surface area contributed by atoms with E-state index < -0.39 is 5.97 Å². The molecular formula is C20H17BrN2O5. The van der Waals surface area contributed by atoms with Gasteiger partial charge in [0.1, 0.15) is 0 Å². The molecule has 0 aliphatic carbocycles. The Balaban J connectivity index is 1.58. The van der Waals surface area contributed by atoms with Crippen LogP contribution >= 0.6 is 15.9 Å². The lowest BCUT2D eigenvalue weighted by atomic mass is 10.2. The average molecular weight is 445 g/mol. The number of carbonyl (C=O) groups is 1. The van der Waals surface area contributed by atoms with Crippen LogP contribution in [-0.2, 0) is 16.1 Å². The summed E-state index contributed by atoms with van der Waals surface area (Å²) < 4.78 is 21.6. The minimum Gasteiger partial charge on any atom is -0.493 e. The molecule has 3 rings (SSSR count). The Bertz CT molecular complexity index is 1000. The lowest BCUT2D eigenvalue weighted by molar-refractivity contribution is -0.139. The smallest absolute Gasteiger partial charge is 0.331 e. The lowest BCUT2D eigenvalue weighted by Crippen LogP contribution is -2.01. The molecule has 0 aliphatic heterocycles. The molecule has 0 bridgehead atoms. The fraction of sp³-hybridized carbons (Fsp3) is 0.150. The van der Waals surface area contributed by atoms with Crippen molar-refractivity contribution in [1.29, 1.82) is 0 Å². The van der Waals surface area contributed by atoms with Crippen molar-refractivity contribution in [2.75, 3.05) is 14.2 Å². The zero-order chi connectivity index (χ0) is 19.9. The maximum atomic E-state index is 11.9. The number of benzene rings is 2. The van der Waals surface area contributed by atoms with Gasteiger partial charge in [0.05, 0.1) is 14.2 Å². The van der Waals surface area contributed by atoms with Gasteiger partial charge in [-0.1, -0.05) is 39.3 Å². The van der Waals surface area contributed by atoms with Gasteiger partial charge in [-0.05, 0) is 35.9 Å². The largest absolute Gasteiger partial charge is 0.493 e. The van der Waals surface area contributed by atoms with Crippen LogP contribution in [0.3, 0.4) is 0 Å². The van der Waals surface area contributed by atoms with E-state index in [-0.39, 0.29) is 12.5 Å². The van der Waals surface area contributed by atoms with Crippen LogP contribution in [0.4, 0.5) is 0 Å². The Labute approximate surface area is 170 Å². The first-order valence-corrected chi connectivity index (χ1v) is 9.03. The molecule has 0 atom stereocenters. The molecule has 7 nitrogen and oxygen atoms in total. The fourth-order valence-electron chi connectivity index (χ4n) is 2.36. The van der Waals surface area contributed by atoms with Crippen LogP contribution in [0.1, 0.15) is 11.5 Å². The third-order valence-corrected chi connectivity index (χ3v) is 4.20. The van der Waals surface area contributed by atoms with Crippen molar-refractivity contribution in [3.63, 3.8) is 0 Å². The van der Waals surface area contributed by atoms with Crippen molar-refractivity contribution in [1.82, 2.24) is 10.1 Å². The first kappa shape index (κ1) is 19.6. The highest BCUT2D eigenvalue weighted by atomic mass is 79.9. The van der Waals surface area contributed by atoms with Crippen molar-refractivity contribution in [2.45, 2.75) is 6.61 Å². The minimum atomic E-state index is -0.531. The lowest BCUT2D eigenvalue weighted by Gasteiger charge is -2.07. The van der Waals surface area contributed by atoms with Crippen LogP contribution in [0.2, 0.25) is 0 Å². The molecule has 28 heavy (non-hydrogen) atoms. The van der Waals surface area contributed by atoms with E-state index in [0.29, 0.717) is 17.3 Å². The van der Waals surface area contributed by atoms with E-state index in [2.05, 4.69) is 26.1 Å². The van der Waals surface area contributed by atoms with Crippen LogP contribution in [0, 0.1) is 0 Å². The second-order valence-electron chi connectivity index (χ2n) is 5.58. The van der Waals surface area contributed by atoms with E-state index in [1.54, 1.807) is 38.5 Å². The number of nitrogens with zero attached hydrogens (tertiary/aromatic N) is 2. The summed E-state index contributed by atoms with van der Waals surface area (Å²) in [7, 11) is 3.11. The van der Waals surface area contributed by atoms with Crippen molar-refractivity contribution in [3.8, 4) is 22.9 Å². The van der Waals surface area contributed by atoms with Gasteiger partial charge in [0.15, 0.2) is 18.1 Å². The summed E-state index contributed by atoms with van der Waals surface area (Å²) >= 11 is 3.39. The van der Waals surface area contributed by atoms with Crippen LogP contribution < -0.4 is 9.47 Å². The van der Waals surface area contributed by atoms with Gasteiger partial charge in [-0.15, -0.1) is 0 Å². The van der Waals surface area contributed by atoms with E-state index in [1.807, 2.05) is 24.3 Å². The van der Waals surface area contributed by atoms with Gasteiger partial charge in [-0.25, -0.2) is 4.79 Å². The van der Waals surface area contributed by atoms with Gasteiger partial charge >= 0.3 is 5.97 Å². The fourth-order valence-corrected chi connectivity index (χ4v) is 2.76. The molecule has 0 amide bonds. The predicted molar refractivity (Wildman–Crippen MR) is 106 cm³/mol. The normalized spacial score (nSPS) is 10.8. The molecule has 2 aromatic carbocycles. The predicted octanol–water partition coefficient (Wildman–Crippen LogP) is 4.27. The van der Waals surface area contributed by atoms with Gasteiger partial charge in [0.25, 0.3) is 5.89 Å². The molecule has 8 heteroatoms. The molecule has 0 radical (unpaired) electrons. The Morgan fingerprint density at radius 2 is 1.96 bits per heavy atom. The van der Waals surface area contributed by atoms with Crippen LogP contribution in [0.25, 0.3) is 17.5 Å². The molecule has 0 N–H and O–H groups in total.